The van der Waals surface area contributed by atoms with Crippen molar-refractivity contribution in [3.63, 3.8) is 0 Å². The van der Waals surface area contributed by atoms with Crippen LogP contribution in [0.2, 0.25) is 0 Å². The summed E-state index contributed by atoms with van der Waals surface area (Å²) >= 11 is 0. The molecule has 21 heavy (non-hydrogen) atoms. The number of hydrogen-bond donors (Lipinski definition) is 4. The molecule has 0 aliphatic carbocycles. The molecule has 0 saturated carbocycles. The lowest BCUT2D eigenvalue weighted by molar-refractivity contribution is -0.0511. The second-order valence-corrected chi connectivity index (χ2v) is 4.81. The van der Waals surface area contributed by atoms with Gasteiger partial charge in [-0.3, -0.25) is 4.57 Å². The number of nitrogens with one attached hydrogen (secondary N) is 1. The Bertz CT molecular complexity index is 633. The Morgan fingerprint density at radius 3 is 2.76 bits per heavy atom. The maximum absolute atomic E-state index is 10.1. The lowest BCUT2D eigenvalue weighted by Gasteiger charge is -2.16. The zero-order valence-electron chi connectivity index (χ0n) is 11.4. The molecular formula is C12H17N5O4. The molecule has 1 fully saturated rings. The minimum Gasteiger partial charge on any atom is -0.394 e. The van der Waals surface area contributed by atoms with E-state index in [2.05, 4.69) is 20.3 Å². The number of anilines is 1. The number of aliphatic hydroxyl groups excluding tert-OH is 3. The summed E-state index contributed by atoms with van der Waals surface area (Å²) in [6.45, 7) is 2.25. The third-order valence-electron chi connectivity index (χ3n) is 3.49. The Morgan fingerprint density at radius 2 is 2.10 bits per heavy atom. The fourth-order valence-electron chi connectivity index (χ4n) is 2.44. The van der Waals surface area contributed by atoms with Crippen LogP contribution in [0.5, 0.6) is 0 Å². The summed E-state index contributed by atoms with van der Waals surface area (Å²) in [5, 5.41) is 32.1. The Morgan fingerprint density at radius 1 is 1.29 bits per heavy atom. The van der Waals surface area contributed by atoms with Gasteiger partial charge in [0.15, 0.2) is 23.2 Å². The molecule has 0 aromatic carbocycles. The molecule has 2 aromatic heterocycles. The van der Waals surface area contributed by atoms with Crippen molar-refractivity contribution in [2.45, 2.75) is 31.5 Å². The van der Waals surface area contributed by atoms with Crippen LogP contribution in [0.15, 0.2) is 12.7 Å². The molecule has 114 valence electrons. The summed E-state index contributed by atoms with van der Waals surface area (Å²) in [7, 11) is 0. The molecule has 4 N–H and O–H groups in total. The largest absolute Gasteiger partial charge is 0.394 e. The highest BCUT2D eigenvalue weighted by atomic mass is 16.6. The van der Waals surface area contributed by atoms with Crippen LogP contribution in [-0.2, 0) is 4.74 Å². The molecule has 2 aromatic rings. The molecule has 9 nitrogen and oxygen atoms in total. The van der Waals surface area contributed by atoms with Crippen molar-refractivity contribution in [1.29, 1.82) is 0 Å². The Labute approximate surface area is 120 Å². The van der Waals surface area contributed by atoms with E-state index in [1.807, 2.05) is 6.92 Å². The van der Waals surface area contributed by atoms with E-state index in [1.165, 1.54) is 17.2 Å². The van der Waals surface area contributed by atoms with E-state index in [-0.39, 0.29) is 6.61 Å². The van der Waals surface area contributed by atoms with Gasteiger partial charge >= 0.3 is 0 Å². The summed E-state index contributed by atoms with van der Waals surface area (Å²) in [6.07, 6.45) is -1.16. The predicted molar refractivity (Wildman–Crippen MR) is 72.5 cm³/mol. The van der Waals surface area contributed by atoms with Gasteiger partial charge in [0, 0.05) is 6.54 Å². The van der Waals surface area contributed by atoms with Crippen molar-refractivity contribution in [2.75, 3.05) is 18.5 Å². The van der Waals surface area contributed by atoms with E-state index in [1.54, 1.807) is 0 Å². The zero-order chi connectivity index (χ0) is 15.0. The zero-order valence-corrected chi connectivity index (χ0v) is 11.4. The number of fused-ring (bicyclic) bond motifs is 1. The normalized spacial score (nSPS) is 29.1. The number of hydrogen-bond acceptors (Lipinski definition) is 8. The monoisotopic (exact) mass is 295 g/mol. The number of ether oxygens (including phenoxy) is 1. The van der Waals surface area contributed by atoms with Crippen molar-refractivity contribution in [1.82, 2.24) is 19.5 Å². The SMILES string of the molecule is CCNc1ncnc2c1ncn2C1OC(CO)[C@@H](O)[C@H]1O. The van der Waals surface area contributed by atoms with Gasteiger partial charge in [0.05, 0.1) is 12.9 Å². The second kappa shape index (κ2) is 5.53. The average molecular weight is 295 g/mol. The Kier molecular flexibility index (Phi) is 3.72. The first-order chi connectivity index (χ1) is 10.2. The van der Waals surface area contributed by atoms with Crippen LogP contribution < -0.4 is 5.32 Å². The molecule has 4 atom stereocenters. The topological polar surface area (TPSA) is 126 Å². The van der Waals surface area contributed by atoms with Crippen molar-refractivity contribution in [2.24, 2.45) is 0 Å². The molecule has 3 rings (SSSR count). The van der Waals surface area contributed by atoms with Crippen molar-refractivity contribution in [3.05, 3.63) is 12.7 Å². The van der Waals surface area contributed by atoms with Crippen molar-refractivity contribution >= 4 is 17.0 Å². The number of nitrogens with zero attached hydrogens (tertiary/aromatic N) is 4. The van der Waals surface area contributed by atoms with Gasteiger partial charge in [-0.25, -0.2) is 15.0 Å². The number of aliphatic hydroxyl groups is 3. The van der Waals surface area contributed by atoms with E-state index >= 15 is 0 Å². The van der Waals surface area contributed by atoms with Crippen molar-refractivity contribution in [3.8, 4) is 0 Å². The second-order valence-electron chi connectivity index (χ2n) is 4.81. The van der Waals surface area contributed by atoms with Crippen LogP contribution in [0.25, 0.3) is 11.2 Å². The molecule has 3 heterocycles. The molecule has 0 bridgehead atoms. The smallest absolute Gasteiger partial charge is 0.167 e. The third kappa shape index (κ3) is 2.23. The summed E-state index contributed by atoms with van der Waals surface area (Å²) in [4.78, 5) is 12.5. The third-order valence-corrected chi connectivity index (χ3v) is 3.49. The minimum atomic E-state index is -1.17. The molecule has 2 unspecified atom stereocenters. The van der Waals surface area contributed by atoms with Gasteiger partial charge in [0.1, 0.15) is 24.6 Å². The molecule has 0 radical (unpaired) electrons. The fraction of sp³-hybridized carbons (Fsp3) is 0.583. The van der Waals surface area contributed by atoms with Crippen LogP contribution in [0.3, 0.4) is 0 Å². The minimum absolute atomic E-state index is 0.376. The fourth-order valence-corrected chi connectivity index (χ4v) is 2.44. The molecule has 0 amide bonds. The lowest BCUT2D eigenvalue weighted by Crippen LogP contribution is -2.33. The number of aromatic nitrogens is 4. The quantitative estimate of drug-likeness (QED) is 0.558. The van der Waals surface area contributed by atoms with Crippen molar-refractivity contribution < 1.29 is 20.1 Å². The molecule has 1 saturated heterocycles. The predicted octanol–water partition coefficient (Wildman–Crippen LogP) is -1.13. The van der Waals surface area contributed by atoms with Gasteiger partial charge in [-0.15, -0.1) is 0 Å². The first-order valence-electron chi connectivity index (χ1n) is 6.71. The number of rotatable bonds is 4. The summed E-state index contributed by atoms with van der Waals surface area (Å²) in [5.41, 5.74) is 1.04. The van der Waals surface area contributed by atoms with Gasteiger partial charge in [0.2, 0.25) is 0 Å². The van der Waals surface area contributed by atoms with Gasteiger partial charge in [0.25, 0.3) is 0 Å². The van der Waals surface area contributed by atoms with Crippen LogP contribution in [0.1, 0.15) is 13.2 Å². The van der Waals surface area contributed by atoms with E-state index in [0.29, 0.717) is 23.5 Å². The molecular weight excluding hydrogens is 278 g/mol. The first-order valence-corrected chi connectivity index (χ1v) is 6.71. The summed E-state index contributed by atoms with van der Waals surface area (Å²) in [5.74, 6) is 0.591. The highest BCUT2D eigenvalue weighted by Gasteiger charge is 2.43. The van der Waals surface area contributed by atoms with Crippen LogP contribution in [-0.4, -0.2) is 66.3 Å². The van der Waals surface area contributed by atoms with Crippen LogP contribution in [0.4, 0.5) is 5.82 Å². The lowest BCUT2D eigenvalue weighted by atomic mass is 10.1. The highest BCUT2D eigenvalue weighted by Crippen LogP contribution is 2.31. The number of imidazole rings is 1. The van der Waals surface area contributed by atoms with Crippen LogP contribution >= 0.6 is 0 Å². The van der Waals surface area contributed by atoms with E-state index < -0.39 is 24.5 Å². The molecule has 9 heteroatoms. The maximum atomic E-state index is 10.1. The summed E-state index contributed by atoms with van der Waals surface area (Å²) < 4.78 is 7.01. The molecule has 1 aliphatic rings. The standard InChI is InChI=1S/C12H17N5O4/c1-2-13-10-7-11(15-4-14-10)17(5-16-7)12-9(20)8(19)6(3-18)21-12/h4-6,8-9,12,18-20H,2-3H2,1H3,(H,13,14,15)/t6?,8-,9-,12?/m1/s1. The van der Waals surface area contributed by atoms with Crippen LogP contribution in [0, 0.1) is 0 Å². The van der Waals surface area contributed by atoms with Gasteiger partial charge < -0.3 is 25.4 Å². The Hall–Kier alpha value is -1.81. The van der Waals surface area contributed by atoms with Gasteiger partial charge in [-0.05, 0) is 6.92 Å². The Balaban J connectivity index is 2.00. The summed E-state index contributed by atoms with van der Waals surface area (Å²) in [6, 6.07) is 0. The maximum Gasteiger partial charge on any atom is 0.167 e. The van der Waals surface area contributed by atoms with E-state index in [9.17, 15) is 10.2 Å². The average Bonchev–Trinajstić information content (AvgIpc) is 3.03. The van der Waals surface area contributed by atoms with Gasteiger partial charge in [-0.1, -0.05) is 0 Å². The molecule has 1 aliphatic heterocycles. The van der Waals surface area contributed by atoms with E-state index in [0.717, 1.165) is 0 Å². The highest BCUT2D eigenvalue weighted by molar-refractivity contribution is 5.82. The first kappa shape index (κ1) is 14.1. The molecule has 0 spiro atoms. The van der Waals surface area contributed by atoms with Gasteiger partial charge in [-0.2, -0.15) is 0 Å². The van der Waals surface area contributed by atoms with E-state index in [4.69, 9.17) is 9.84 Å².